The zero-order chi connectivity index (χ0) is 25.8. The molecule has 10 nitrogen and oxygen atoms in total. The molecule has 0 spiro atoms. The second-order valence-electron chi connectivity index (χ2n) is 8.27. The van der Waals surface area contributed by atoms with Crippen molar-refractivity contribution >= 4 is 84.2 Å². The lowest BCUT2D eigenvalue weighted by Gasteiger charge is -2.28. The number of aromatic nitrogens is 4. The van der Waals surface area contributed by atoms with Crippen molar-refractivity contribution in [3.8, 4) is 0 Å². The van der Waals surface area contributed by atoms with Crippen molar-refractivity contribution in [1.82, 2.24) is 25.3 Å². The number of fused-ring (bicyclic) bond motifs is 2. The van der Waals surface area contributed by atoms with Crippen molar-refractivity contribution in [3.05, 3.63) is 32.5 Å². The van der Waals surface area contributed by atoms with Crippen molar-refractivity contribution in [2.75, 3.05) is 69.5 Å². The van der Waals surface area contributed by atoms with E-state index in [-0.39, 0.29) is 5.28 Å². The summed E-state index contributed by atoms with van der Waals surface area (Å²) in [5, 5.41) is 3.67. The molecule has 0 saturated carbocycles. The first-order chi connectivity index (χ1) is 18.1. The first kappa shape index (κ1) is 26.4. The Labute approximate surface area is 231 Å². The van der Waals surface area contributed by atoms with Gasteiger partial charge in [0, 0.05) is 37.6 Å². The Hall–Kier alpha value is -2.19. The molecule has 6 rings (SSSR count). The van der Waals surface area contributed by atoms with Gasteiger partial charge in [0.1, 0.15) is 0 Å². The SMILES string of the molecule is CNCc1cc2nc(Cl)nc(N3CCOCC3)c2s1.O=Cc1cc2nc(Cl)nc(N3CCOCC3)c2s1. The number of carbonyl (C=O) groups is 1. The molecule has 4 aromatic rings. The van der Waals surface area contributed by atoms with Crippen LogP contribution in [-0.4, -0.2) is 85.9 Å². The highest BCUT2D eigenvalue weighted by Gasteiger charge is 2.20. The number of halogens is 2. The van der Waals surface area contributed by atoms with Crippen LogP contribution in [0.5, 0.6) is 0 Å². The molecule has 0 amide bonds. The van der Waals surface area contributed by atoms with Gasteiger partial charge < -0.3 is 24.6 Å². The predicted octanol–water partition coefficient (Wildman–Crippen LogP) is 3.89. The second-order valence-corrected chi connectivity index (χ2v) is 11.2. The maximum Gasteiger partial charge on any atom is 0.224 e. The van der Waals surface area contributed by atoms with E-state index in [2.05, 4.69) is 41.1 Å². The zero-order valence-corrected chi connectivity index (χ0v) is 23.2. The number of nitrogens with zero attached hydrogens (tertiary/aromatic N) is 6. The fraction of sp³-hybridized carbons (Fsp3) is 0.435. The fourth-order valence-corrected chi connectivity index (χ4v) is 6.54. The highest BCUT2D eigenvalue weighted by atomic mass is 35.5. The van der Waals surface area contributed by atoms with E-state index in [0.29, 0.717) is 23.4 Å². The summed E-state index contributed by atoms with van der Waals surface area (Å²) in [6.07, 6.45) is 0.823. The summed E-state index contributed by atoms with van der Waals surface area (Å²) < 4.78 is 12.7. The minimum atomic E-state index is 0.208. The Morgan fingerprint density at radius 1 is 0.865 bits per heavy atom. The maximum atomic E-state index is 10.8. The molecule has 4 aromatic heterocycles. The average Bonchev–Trinajstić information content (AvgIpc) is 3.52. The molecule has 37 heavy (non-hydrogen) atoms. The van der Waals surface area contributed by atoms with Gasteiger partial charge in [0.2, 0.25) is 10.6 Å². The lowest BCUT2D eigenvalue weighted by molar-refractivity contribution is 0.112. The fourth-order valence-electron chi connectivity index (χ4n) is 4.14. The topological polar surface area (TPSA) is 106 Å². The molecule has 14 heteroatoms. The third-order valence-electron chi connectivity index (χ3n) is 5.81. The standard InChI is InChI=1S/C12H15ClN4OS.C11H10ClN3O2S/c1-14-7-8-6-9-10(19-8)11(16-12(13)15-9)17-2-4-18-5-3-17;12-11-13-8-5-7(6-16)18-9(8)10(14-11)15-1-3-17-4-2-15/h6,14H,2-5,7H2,1H3;5-6H,1-4H2. The summed E-state index contributed by atoms with van der Waals surface area (Å²) in [7, 11) is 1.94. The van der Waals surface area contributed by atoms with Crippen LogP contribution >= 0.6 is 45.9 Å². The van der Waals surface area contributed by atoms with Gasteiger partial charge in [-0.1, -0.05) is 0 Å². The molecule has 1 N–H and O–H groups in total. The highest BCUT2D eigenvalue weighted by Crippen LogP contribution is 2.34. The summed E-state index contributed by atoms with van der Waals surface area (Å²) in [5.74, 6) is 1.73. The molecule has 2 fully saturated rings. The van der Waals surface area contributed by atoms with Crippen LogP contribution in [0.4, 0.5) is 11.6 Å². The largest absolute Gasteiger partial charge is 0.378 e. The molecule has 0 radical (unpaired) electrons. The molecule has 2 aliphatic rings. The summed E-state index contributed by atoms with van der Waals surface area (Å²) >= 11 is 15.1. The Bertz CT molecular complexity index is 1390. The van der Waals surface area contributed by atoms with Crippen LogP contribution in [0, 0.1) is 0 Å². The van der Waals surface area contributed by atoms with E-state index in [1.807, 2.05) is 7.05 Å². The quantitative estimate of drug-likeness (QED) is 0.275. The number of carbonyl (C=O) groups excluding carboxylic acids is 1. The Kier molecular flexibility index (Phi) is 8.65. The summed E-state index contributed by atoms with van der Waals surface area (Å²) in [6.45, 7) is 6.90. The first-order valence-electron chi connectivity index (χ1n) is 11.7. The minimum absolute atomic E-state index is 0.208. The van der Waals surface area contributed by atoms with Gasteiger partial charge in [0.05, 0.1) is 51.7 Å². The van der Waals surface area contributed by atoms with Crippen LogP contribution in [0.25, 0.3) is 20.4 Å². The van der Waals surface area contributed by atoms with Crippen LogP contribution in [0.2, 0.25) is 10.6 Å². The molecule has 0 aliphatic carbocycles. The number of nitrogens with one attached hydrogen (secondary N) is 1. The summed E-state index contributed by atoms with van der Waals surface area (Å²) in [5.41, 5.74) is 1.65. The van der Waals surface area contributed by atoms with Crippen molar-refractivity contribution in [2.24, 2.45) is 0 Å². The number of anilines is 2. The second kappa shape index (κ2) is 12.1. The van der Waals surface area contributed by atoms with E-state index >= 15 is 0 Å². The Balaban J connectivity index is 0.000000152. The van der Waals surface area contributed by atoms with Gasteiger partial charge in [-0.25, -0.2) is 9.97 Å². The van der Waals surface area contributed by atoms with E-state index in [1.54, 1.807) is 17.4 Å². The first-order valence-corrected chi connectivity index (χ1v) is 14.1. The van der Waals surface area contributed by atoms with E-state index in [1.165, 1.54) is 16.2 Å². The van der Waals surface area contributed by atoms with Gasteiger partial charge in [-0.2, -0.15) is 9.97 Å². The van der Waals surface area contributed by atoms with Gasteiger partial charge in [0.25, 0.3) is 0 Å². The zero-order valence-electron chi connectivity index (χ0n) is 20.1. The monoisotopic (exact) mass is 581 g/mol. The van der Waals surface area contributed by atoms with E-state index < -0.39 is 0 Å². The van der Waals surface area contributed by atoms with E-state index in [4.69, 9.17) is 32.7 Å². The Morgan fingerprint density at radius 2 is 1.38 bits per heavy atom. The van der Waals surface area contributed by atoms with Crippen molar-refractivity contribution in [3.63, 3.8) is 0 Å². The van der Waals surface area contributed by atoms with Crippen LogP contribution < -0.4 is 15.1 Å². The number of hydrogen-bond donors (Lipinski definition) is 1. The number of thiophene rings is 2. The van der Waals surface area contributed by atoms with Gasteiger partial charge in [0.15, 0.2) is 17.9 Å². The minimum Gasteiger partial charge on any atom is -0.378 e. The summed E-state index contributed by atoms with van der Waals surface area (Å²) in [4.78, 5) is 34.2. The van der Waals surface area contributed by atoms with Crippen LogP contribution in [0.1, 0.15) is 14.5 Å². The molecule has 0 unspecified atom stereocenters. The van der Waals surface area contributed by atoms with Crippen LogP contribution in [0.3, 0.4) is 0 Å². The molecule has 0 atom stereocenters. The van der Waals surface area contributed by atoms with Gasteiger partial charge in [-0.05, 0) is 42.4 Å². The molecule has 0 aromatic carbocycles. The van der Waals surface area contributed by atoms with E-state index in [0.717, 1.165) is 84.3 Å². The van der Waals surface area contributed by atoms with Gasteiger partial charge in [-0.15, -0.1) is 22.7 Å². The van der Waals surface area contributed by atoms with Crippen LogP contribution in [0.15, 0.2) is 12.1 Å². The van der Waals surface area contributed by atoms with Crippen molar-refractivity contribution < 1.29 is 14.3 Å². The number of rotatable bonds is 5. The molecular formula is C23H25Cl2N7O3S2. The molecule has 6 heterocycles. The molecule has 196 valence electrons. The molecule has 0 bridgehead atoms. The van der Waals surface area contributed by atoms with Gasteiger partial charge in [-0.3, -0.25) is 4.79 Å². The van der Waals surface area contributed by atoms with Crippen molar-refractivity contribution in [2.45, 2.75) is 6.54 Å². The lowest BCUT2D eigenvalue weighted by Crippen LogP contribution is -2.36. The molecule has 2 aliphatic heterocycles. The number of morpholine rings is 2. The number of aldehydes is 1. The molecular weight excluding hydrogens is 557 g/mol. The third kappa shape index (κ3) is 6.11. The normalized spacial score (nSPS) is 16.2. The highest BCUT2D eigenvalue weighted by molar-refractivity contribution is 7.21. The van der Waals surface area contributed by atoms with E-state index in [9.17, 15) is 4.79 Å². The van der Waals surface area contributed by atoms with Gasteiger partial charge >= 0.3 is 0 Å². The third-order valence-corrected chi connectivity index (χ3v) is 8.32. The smallest absolute Gasteiger partial charge is 0.224 e. The van der Waals surface area contributed by atoms with Crippen LogP contribution in [-0.2, 0) is 16.0 Å². The molecule has 2 saturated heterocycles. The number of ether oxygens (including phenoxy) is 2. The number of hydrogen-bond acceptors (Lipinski definition) is 12. The van der Waals surface area contributed by atoms with Crippen molar-refractivity contribution in [1.29, 1.82) is 0 Å². The lowest BCUT2D eigenvalue weighted by atomic mass is 10.3. The predicted molar refractivity (Wildman–Crippen MR) is 149 cm³/mol. The summed E-state index contributed by atoms with van der Waals surface area (Å²) in [6, 6.07) is 3.82. The Morgan fingerprint density at radius 3 is 1.89 bits per heavy atom. The average molecular weight is 583 g/mol. The maximum absolute atomic E-state index is 10.8.